The van der Waals surface area contributed by atoms with Gasteiger partial charge in [-0.3, -0.25) is 14.4 Å². The molecule has 120 valence electrons. The van der Waals surface area contributed by atoms with Gasteiger partial charge in [0.25, 0.3) is 0 Å². The van der Waals surface area contributed by atoms with E-state index in [-0.39, 0.29) is 37.4 Å². The summed E-state index contributed by atoms with van der Waals surface area (Å²) in [6, 6.07) is 4.29. The number of aromatic hydroxyl groups is 1. The molecule has 0 saturated heterocycles. The molecule has 0 aliphatic carbocycles. The lowest BCUT2D eigenvalue weighted by Gasteiger charge is -2.16. The van der Waals surface area contributed by atoms with Crippen molar-refractivity contribution in [3.05, 3.63) is 29.3 Å². The molecule has 6 nitrogen and oxygen atoms in total. The van der Waals surface area contributed by atoms with Crippen molar-refractivity contribution in [2.75, 3.05) is 13.2 Å². The fourth-order valence-electron chi connectivity index (χ4n) is 2.06. The highest BCUT2D eigenvalue weighted by Crippen LogP contribution is 2.21. The van der Waals surface area contributed by atoms with Crippen LogP contribution in [0.1, 0.15) is 36.2 Å². The van der Waals surface area contributed by atoms with Crippen molar-refractivity contribution in [2.45, 2.75) is 26.7 Å². The number of phenolic OH excluding ortho intramolecular Hbond substituents is 1. The van der Waals surface area contributed by atoms with E-state index in [2.05, 4.69) is 0 Å². The minimum atomic E-state index is -0.734. The molecule has 1 aromatic carbocycles. The maximum Gasteiger partial charge on any atom is 0.309 e. The van der Waals surface area contributed by atoms with Crippen LogP contribution in [0.15, 0.2) is 18.2 Å². The average molecular weight is 308 g/mol. The van der Waals surface area contributed by atoms with Gasteiger partial charge in [0.05, 0.1) is 25.6 Å². The summed E-state index contributed by atoms with van der Waals surface area (Å²) < 4.78 is 9.83. The Balaban J connectivity index is 2.94. The second-order valence-electron chi connectivity index (χ2n) is 4.66. The van der Waals surface area contributed by atoms with Crippen LogP contribution in [0.25, 0.3) is 0 Å². The molecule has 0 radical (unpaired) electrons. The molecule has 1 N–H and O–H groups in total. The quantitative estimate of drug-likeness (QED) is 0.582. The van der Waals surface area contributed by atoms with E-state index < -0.39 is 17.9 Å². The van der Waals surface area contributed by atoms with Crippen molar-refractivity contribution in [3.63, 3.8) is 0 Å². The number of carbonyl (C=O) groups excluding carboxylic acids is 3. The Bertz CT molecular complexity index is 537. The first-order valence-electron chi connectivity index (χ1n) is 7.11. The zero-order chi connectivity index (χ0) is 16.5. The van der Waals surface area contributed by atoms with E-state index in [0.717, 1.165) is 0 Å². The van der Waals surface area contributed by atoms with Crippen molar-refractivity contribution in [2.24, 2.45) is 5.92 Å². The van der Waals surface area contributed by atoms with Crippen LogP contribution in [0.3, 0.4) is 0 Å². The summed E-state index contributed by atoms with van der Waals surface area (Å²) in [5.74, 6) is -1.78. The van der Waals surface area contributed by atoms with Crippen molar-refractivity contribution in [1.82, 2.24) is 0 Å². The zero-order valence-corrected chi connectivity index (χ0v) is 12.7. The lowest BCUT2D eigenvalue weighted by Crippen LogP contribution is -2.24. The Hall–Kier alpha value is -2.37. The van der Waals surface area contributed by atoms with Gasteiger partial charge in [0.15, 0.2) is 0 Å². The van der Waals surface area contributed by atoms with Gasteiger partial charge in [0.1, 0.15) is 12.0 Å². The van der Waals surface area contributed by atoms with E-state index in [9.17, 15) is 19.5 Å². The van der Waals surface area contributed by atoms with Crippen LogP contribution >= 0.6 is 0 Å². The third-order valence-corrected chi connectivity index (χ3v) is 3.06. The fourth-order valence-corrected chi connectivity index (χ4v) is 2.06. The Labute approximate surface area is 129 Å². The number of aldehydes is 1. The SMILES string of the molecule is CCOC(=O)C[C@H](Cc1ccc(O)cc1C=O)C(=O)OCC. The first kappa shape index (κ1) is 17.7. The summed E-state index contributed by atoms with van der Waals surface area (Å²) >= 11 is 0. The van der Waals surface area contributed by atoms with Gasteiger partial charge in [-0.2, -0.15) is 0 Å². The predicted octanol–water partition coefficient (Wildman–Crippen LogP) is 1.88. The second kappa shape index (κ2) is 8.81. The molecule has 1 rings (SSSR count). The lowest BCUT2D eigenvalue weighted by atomic mass is 9.93. The van der Waals surface area contributed by atoms with Gasteiger partial charge in [-0.15, -0.1) is 0 Å². The van der Waals surface area contributed by atoms with Crippen LogP contribution < -0.4 is 0 Å². The Morgan fingerprint density at radius 3 is 2.50 bits per heavy atom. The Morgan fingerprint density at radius 2 is 1.91 bits per heavy atom. The molecule has 0 fully saturated rings. The maximum absolute atomic E-state index is 12.0. The maximum atomic E-state index is 12.0. The van der Waals surface area contributed by atoms with E-state index in [1.165, 1.54) is 12.1 Å². The molecule has 0 heterocycles. The Kier molecular flexibility index (Phi) is 7.08. The van der Waals surface area contributed by atoms with Crippen molar-refractivity contribution >= 4 is 18.2 Å². The van der Waals surface area contributed by atoms with Gasteiger partial charge in [-0.25, -0.2) is 0 Å². The largest absolute Gasteiger partial charge is 0.508 e. The molecule has 0 saturated carbocycles. The van der Waals surface area contributed by atoms with Gasteiger partial charge in [0.2, 0.25) is 0 Å². The number of esters is 2. The summed E-state index contributed by atoms with van der Waals surface area (Å²) in [7, 11) is 0. The van der Waals surface area contributed by atoms with Gasteiger partial charge in [-0.05, 0) is 38.0 Å². The number of hydrogen-bond acceptors (Lipinski definition) is 6. The van der Waals surface area contributed by atoms with E-state index in [1.807, 2.05) is 0 Å². The number of rotatable bonds is 8. The topological polar surface area (TPSA) is 89.9 Å². The summed E-state index contributed by atoms with van der Waals surface area (Å²) in [6.45, 7) is 3.79. The lowest BCUT2D eigenvalue weighted by molar-refractivity contribution is -0.154. The molecule has 1 aromatic rings. The fraction of sp³-hybridized carbons (Fsp3) is 0.438. The molecule has 0 aliphatic heterocycles. The van der Waals surface area contributed by atoms with Crippen LogP contribution in [-0.4, -0.2) is 36.5 Å². The van der Waals surface area contributed by atoms with Crippen LogP contribution in [0.5, 0.6) is 5.75 Å². The number of benzene rings is 1. The third kappa shape index (κ3) is 5.20. The molecule has 0 bridgehead atoms. The summed E-state index contributed by atoms with van der Waals surface area (Å²) in [5.41, 5.74) is 0.841. The van der Waals surface area contributed by atoms with Gasteiger partial charge >= 0.3 is 11.9 Å². The summed E-state index contributed by atoms with van der Waals surface area (Å²) in [6.07, 6.45) is 0.638. The molecule has 0 amide bonds. The number of hydrogen-bond donors (Lipinski definition) is 1. The summed E-state index contributed by atoms with van der Waals surface area (Å²) in [5, 5.41) is 9.39. The average Bonchev–Trinajstić information content (AvgIpc) is 2.48. The van der Waals surface area contributed by atoms with E-state index in [4.69, 9.17) is 9.47 Å². The van der Waals surface area contributed by atoms with Crippen LogP contribution in [0.4, 0.5) is 0 Å². The van der Waals surface area contributed by atoms with Crippen molar-refractivity contribution in [1.29, 1.82) is 0 Å². The van der Waals surface area contributed by atoms with Crippen LogP contribution in [-0.2, 0) is 25.5 Å². The molecule has 0 unspecified atom stereocenters. The van der Waals surface area contributed by atoms with E-state index in [0.29, 0.717) is 11.8 Å². The molecular weight excluding hydrogens is 288 g/mol. The highest BCUT2D eigenvalue weighted by Gasteiger charge is 2.25. The van der Waals surface area contributed by atoms with Crippen molar-refractivity contribution in [3.8, 4) is 5.75 Å². The molecule has 6 heteroatoms. The third-order valence-electron chi connectivity index (χ3n) is 3.06. The molecule has 0 aliphatic rings. The zero-order valence-electron chi connectivity index (χ0n) is 12.7. The minimum absolute atomic E-state index is 0.0380. The monoisotopic (exact) mass is 308 g/mol. The molecular formula is C16H20O6. The van der Waals surface area contributed by atoms with Crippen LogP contribution in [0.2, 0.25) is 0 Å². The van der Waals surface area contributed by atoms with Gasteiger partial charge < -0.3 is 14.6 Å². The van der Waals surface area contributed by atoms with Gasteiger partial charge in [0, 0.05) is 5.56 Å². The highest BCUT2D eigenvalue weighted by atomic mass is 16.5. The summed E-state index contributed by atoms with van der Waals surface area (Å²) in [4.78, 5) is 34.7. The standard InChI is InChI=1S/C16H20O6/c1-3-21-15(19)9-12(16(20)22-4-2)7-11-5-6-14(18)8-13(11)10-17/h5-6,8,10,12,18H,3-4,7,9H2,1-2H3/t12-/m0/s1. The normalized spacial score (nSPS) is 11.5. The van der Waals surface area contributed by atoms with Gasteiger partial charge in [-0.1, -0.05) is 6.07 Å². The molecule has 0 aromatic heterocycles. The number of ether oxygens (including phenoxy) is 2. The number of phenols is 1. The van der Waals surface area contributed by atoms with E-state index in [1.54, 1.807) is 19.9 Å². The molecule has 22 heavy (non-hydrogen) atoms. The number of carbonyl (C=O) groups is 3. The Morgan fingerprint density at radius 1 is 1.23 bits per heavy atom. The van der Waals surface area contributed by atoms with Crippen molar-refractivity contribution < 1.29 is 29.0 Å². The minimum Gasteiger partial charge on any atom is -0.508 e. The smallest absolute Gasteiger partial charge is 0.309 e. The van der Waals surface area contributed by atoms with E-state index >= 15 is 0 Å². The second-order valence-corrected chi connectivity index (χ2v) is 4.66. The molecule has 1 atom stereocenters. The highest BCUT2D eigenvalue weighted by molar-refractivity contribution is 5.82. The van der Waals surface area contributed by atoms with Crippen LogP contribution in [0, 0.1) is 5.92 Å². The predicted molar refractivity (Wildman–Crippen MR) is 78.6 cm³/mol. The first-order valence-corrected chi connectivity index (χ1v) is 7.11. The molecule has 0 spiro atoms. The first-order chi connectivity index (χ1) is 10.5.